The van der Waals surface area contributed by atoms with Gasteiger partial charge in [-0.25, -0.2) is 4.39 Å². The Kier molecular flexibility index (Phi) is 4.66. The Morgan fingerprint density at radius 2 is 1.84 bits per heavy atom. The van der Waals surface area contributed by atoms with Gasteiger partial charge < -0.3 is 5.11 Å². The van der Waals surface area contributed by atoms with Crippen molar-refractivity contribution in [3.05, 3.63) is 71.5 Å². The molecule has 0 radical (unpaired) electrons. The van der Waals surface area contributed by atoms with Crippen LogP contribution >= 0.6 is 0 Å². The minimum atomic E-state index is -0.676. The Hall–Kier alpha value is -1.71. The number of rotatable bonds is 5. The summed E-state index contributed by atoms with van der Waals surface area (Å²) in [5, 5.41) is 10.1. The van der Waals surface area contributed by atoms with Crippen LogP contribution in [0.25, 0.3) is 0 Å². The predicted octanol–water partition coefficient (Wildman–Crippen LogP) is 2.99. The number of nitrogens with zero attached hydrogens (tertiary/aromatic N) is 1. The monoisotopic (exact) mass is 259 g/mol. The van der Waals surface area contributed by atoms with E-state index in [0.29, 0.717) is 12.1 Å². The van der Waals surface area contributed by atoms with Crippen molar-refractivity contribution in [2.24, 2.45) is 0 Å². The zero-order chi connectivity index (χ0) is 13.7. The topological polar surface area (TPSA) is 23.5 Å². The molecule has 0 aliphatic rings. The molecule has 1 unspecified atom stereocenters. The van der Waals surface area contributed by atoms with Gasteiger partial charge in [0.15, 0.2) is 0 Å². The lowest BCUT2D eigenvalue weighted by molar-refractivity contribution is 0.123. The van der Waals surface area contributed by atoms with Crippen molar-refractivity contribution >= 4 is 0 Å². The number of hydrogen-bond acceptors (Lipinski definition) is 2. The van der Waals surface area contributed by atoms with E-state index in [1.165, 1.54) is 17.7 Å². The molecule has 0 bridgehead atoms. The van der Waals surface area contributed by atoms with Crippen molar-refractivity contribution in [1.82, 2.24) is 4.90 Å². The highest BCUT2D eigenvalue weighted by atomic mass is 19.1. The van der Waals surface area contributed by atoms with E-state index in [4.69, 9.17) is 0 Å². The molecule has 19 heavy (non-hydrogen) atoms. The number of aliphatic hydroxyl groups excluding tert-OH is 1. The van der Waals surface area contributed by atoms with E-state index < -0.39 is 6.10 Å². The van der Waals surface area contributed by atoms with Gasteiger partial charge in [0.05, 0.1) is 6.10 Å². The second kappa shape index (κ2) is 6.45. The quantitative estimate of drug-likeness (QED) is 0.892. The van der Waals surface area contributed by atoms with Crippen LogP contribution in [-0.4, -0.2) is 23.6 Å². The van der Waals surface area contributed by atoms with Gasteiger partial charge in [0.2, 0.25) is 0 Å². The maximum Gasteiger partial charge on any atom is 0.123 e. The highest BCUT2D eigenvalue weighted by Gasteiger charge is 2.11. The molecule has 0 heterocycles. The van der Waals surface area contributed by atoms with Gasteiger partial charge in [-0.2, -0.15) is 0 Å². The number of aliphatic hydroxyl groups is 1. The number of benzene rings is 2. The first-order chi connectivity index (χ1) is 9.15. The second-order valence-electron chi connectivity index (χ2n) is 4.75. The molecule has 100 valence electrons. The Bertz CT molecular complexity index is 515. The summed E-state index contributed by atoms with van der Waals surface area (Å²) in [7, 11) is 1.94. The average Bonchev–Trinajstić information content (AvgIpc) is 2.39. The summed E-state index contributed by atoms with van der Waals surface area (Å²) in [6, 6.07) is 16.2. The molecule has 1 N–H and O–H groups in total. The third kappa shape index (κ3) is 4.16. The highest BCUT2D eigenvalue weighted by Crippen LogP contribution is 2.15. The van der Waals surface area contributed by atoms with Crippen molar-refractivity contribution in [1.29, 1.82) is 0 Å². The van der Waals surface area contributed by atoms with E-state index in [-0.39, 0.29) is 5.82 Å². The minimum absolute atomic E-state index is 0.317. The molecule has 0 spiro atoms. The molecule has 0 aromatic heterocycles. The third-order valence-corrected chi connectivity index (χ3v) is 3.01. The van der Waals surface area contributed by atoms with Crippen molar-refractivity contribution in [2.45, 2.75) is 12.6 Å². The summed E-state index contributed by atoms with van der Waals surface area (Å²) < 4.78 is 13.1. The number of hydrogen-bond donors (Lipinski definition) is 1. The first-order valence-electron chi connectivity index (χ1n) is 6.31. The van der Waals surface area contributed by atoms with E-state index in [9.17, 15) is 9.50 Å². The van der Waals surface area contributed by atoms with Crippen LogP contribution in [0.15, 0.2) is 54.6 Å². The lowest BCUT2D eigenvalue weighted by atomic mass is 10.1. The fraction of sp³-hybridized carbons (Fsp3) is 0.250. The second-order valence-corrected chi connectivity index (χ2v) is 4.75. The summed E-state index contributed by atoms with van der Waals surface area (Å²) in [4.78, 5) is 2.02. The van der Waals surface area contributed by atoms with Crippen LogP contribution in [0.3, 0.4) is 0 Å². The summed E-state index contributed by atoms with van der Waals surface area (Å²) in [5.41, 5.74) is 1.80. The lowest BCUT2D eigenvalue weighted by Crippen LogP contribution is -2.24. The molecule has 0 saturated heterocycles. The van der Waals surface area contributed by atoms with Gasteiger partial charge in [-0.15, -0.1) is 0 Å². The maximum absolute atomic E-state index is 13.1. The molecular formula is C16H18FNO. The Labute approximate surface area is 113 Å². The molecule has 2 nitrogen and oxygen atoms in total. The zero-order valence-electron chi connectivity index (χ0n) is 11.0. The molecular weight excluding hydrogens is 241 g/mol. The summed E-state index contributed by atoms with van der Waals surface area (Å²) in [5.74, 6) is -0.317. The van der Waals surface area contributed by atoms with Crippen molar-refractivity contribution in [3.8, 4) is 0 Å². The smallest absolute Gasteiger partial charge is 0.123 e. The van der Waals surface area contributed by atoms with Crippen LogP contribution in [0, 0.1) is 5.82 Å². The molecule has 0 saturated carbocycles. The van der Waals surface area contributed by atoms with Gasteiger partial charge in [0, 0.05) is 13.1 Å². The van der Waals surface area contributed by atoms with E-state index >= 15 is 0 Å². The fourth-order valence-electron chi connectivity index (χ4n) is 2.07. The van der Waals surface area contributed by atoms with Crippen LogP contribution < -0.4 is 0 Å². The molecule has 0 amide bonds. The third-order valence-electron chi connectivity index (χ3n) is 3.01. The van der Waals surface area contributed by atoms with Gasteiger partial charge in [0.1, 0.15) is 5.82 Å². The average molecular weight is 259 g/mol. The Morgan fingerprint density at radius 1 is 1.11 bits per heavy atom. The van der Waals surface area contributed by atoms with Gasteiger partial charge in [0.25, 0.3) is 0 Å². The standard InChI is InChI=1S/C16H18FNO/c1-18(11-13-6-3-2-4-7-13)12-16(19)14-8-5-9-15(17)10-14/h2-10,16,19H,11-12H2,1H3. The van der Waals surface area contributed by atoms with E-state index in [2.05, 4.69) is 0 Å². The fourth-order valence-corrected chi connectivity index (χ4v) is 2.07. The lowest BCUT2D eigenvalue weighted by Gasteiger charge is -2.21. The molecule has 0 fully saturated rings. The maximum atomic E-state index is 13.1. The van der Waals surface area contributed by atoms with E-state index in [1.807, 2.05) is 42.3 Å². The normalized spacial score (nSPS) is 12.6. The Balaban J connectivity index is 1.93. The molecule has 0 aliphatic carbocycles. The molecule has 2 rings (SSSR count). The molecule has 0 aliphatic heterocycles. The van der Waals surface area contributed by atoms with Crippen LogP contribution in [0.5, 0.6) is 0 Å². The summed E-state index contributed by atoms with van der Waals surface area (Å²) in [6.07, 6.45) is -0.676. The van der Waals surface area contributed by atoms with E-state index in [1.54, 1.807) is 12.1 Å². The van der Waals surface area contributed by atoms with Crippen LogP contribution in [0.4, 0.5) is 4.39 Å². The van der Waals surface area contributed by atoms with Gasteiger partial charge in [-0.05, 0) is 30.3 Å². The van der Waals surface area contributed by atoms with Crippen molar-refractivity contribution < 1.29 is 9.50 Å². The van der Waals surface area contributed by atoms with Crippen LogP contribution in [0.2, 0.25) is 0 Å². The highest BCUT2D eigenvalue weighted by molar-refractivity contribution is 5.19. The van der Waals surface area contributed by atoms with Crippen molar-refractivity contribution in [3.63, 3.8) is 0 Å². The van der Waals surface area contributed by atoms with Crippen LogP contribution in [0.1, 0.15) is 17.2 Å². The van der Waals surface area contributed by atoms with Crippen molar-refractivity contribution in [2.75, 3.05) is 13.6 Å². The van der Waals surface area contributed by atoms with Gasteiger partial charge >= 0.3 is 0 Å². The first-order valence-corrected chi connectivity index (χ1v) is 6.31. The van der Waals surface area contributed by atoms with Gasteiger partial charge in [-0.3, -0.25) is 4.90 Å². The summed E-state index contributed by atoms with van der Waals surface area (Å²) in [6.45, 7) is 1.23. The predicted molar refractivity (Wildman–Crippen MR) is 74.1 cm³/mol. The number of halogens is 1. The molecule has 3 heteroatoms. The Morgan fingerprint density at radius 3 is 2.53 bits per heavy atom. The zero-order valence-corrected chi connectivity index (χ0v) is 11.0. The number of likely N-dealkylation sites (N-methyl/N-ethyl adjacent to an activating group) is 1. The molecule has 1 atom stereocenters. The van der Waals surface area contributed by atoms with E-state index in [0.717, 1.165) is 6.54 Å². The SMILES string of the molecule is CN(Cc1ccccc1)CC(O)c1cccc(F)c1. The largest absolute Gasteiger partial charge is 0.387 e. The molecule has 2 aromatic carbocycles. The van der Waals surface area contributed by atoms with Crippen LogP contribution in [-0.2, 0) is 6.54 Å². The minimum Gasteiger partial charge on any atom is -0.387 e. The molecule has 2 aromatic rings. The first kappa shape index (κ1) is 13.7. The summed E-state index contributed by atoms with van der Waals surface area (Å²) >= 11 is 0. The van der Waals surface area contributed by atoms with Gasteiger partial charge in [-0.1, -0.05) is 42.5 Å².